The molecule has 1 N–H and O–H groups in total. The second-order valence-corrected chi connectivity index (χ2v) is 5.16. The Balaban J connectivity index is 1.64. The van der Waals surface area contributed by atoms with Gasteiger partial charge in [0.2, 0.25) is 0 Å². The first kappa shape index (κ1) is 11.0. The fourth-order valence-corrected chi connectivity index (χ4v) is 2.95. The van der Waals surface area contributed by atoms with Crippen molar-refractivity contribution in [1.29, 1.82) is 0 Å². The van der Waals surface area contributed by atoms with Crippen molar-refractivity contribution in [2.45, 2.75) is 19.3 Å². The van der Waals surface area contributed by atoms with Crippen molar-refractivity contribution < 1.29 is 4.39 Å². The maximum absolute atomic E-state index is 13.2. The molecule has 3 rings (SSSR count). The maximum Gasteiger partial charge on any atom is 0.125 e. The van der Waals surface area contributed by atoms with Crippen LogP contribution in [-0.4, -0.2) is 26.2 Å². The minimum atomic E-state index is -0.113. The molecular weight excluding hydrogens is 215 g/mol. The van der Waals surface area contributed by atoms with E-state index in [4.69, 9.17) is 0 Å². The van der Waals surface area contributed by atoms with Gasteiger partial charge in [-0.25, -0.2) is 4.39 Å². The van der Waals surface area contributed by atoms with E-state index in [-0.39, 0.29) is 5.82 Å². The van der Waals surface area contributed by atoms with Crippen LogP contribution in [0.1, 0.15) is 18.4 Å². The molecule has 2 aliphatic heterocycles. The summed E-state index contributed by atoms with van der Waals surface area (Å²) in [5.74, 6) is 0.700. The predicted octanol–water partition coefficient (Wildman–Crippen LogP) is 2.19. The predicted molar refractivity (Wildman–Crippen MR) is 67.9 cm³/mol. The number of nitrogens with zero attached hydrogens (tertiary/aromatic N) is 1. The molecule has 2 aliphatic rings. The minimum absolute atomic E-state index is 0.113. The Labute approximate surface area is 102 Å². The molecule has 0 aromatic heterocycles. The third-order valence-electron chi connectivity index (χ3n) is 4.01. The van der Waals surface area contributed by atoms with Crippen LogP contribution in [0.5, 0.6) is 0 Å². The lowest BCUT2D eigenvalue weighted by Crippen LogP contribution is -2.24. The average molecular weight is 234 g/mol. The van der Waals surface area contributed by atoms with E-state index >= 15 is 0 Å². The first-order chi connectivity index (χ1) is 8.33. The highest BCUT2D eigenvalue weighted by molar-refractivity contribution is 5.58. The van der Waals surface area contributed by atoms with Gasteiger partial charge >= 0.3 is 0 Å². The highest BCUT2D eigenvalue weighted by Crippen LogP contribution is 2.29. The lowest BCUT2D eigenvalue weighted by Gasteiger charge is -2.21. The third kappa shape index (κ3) is 2.29. The Kier molecular flexibility index (Phi) is 3.02. The number of nitrogens with one attached hydrogen (secondary N) is 1. The summed E-state index contributed by atoms with van der Waals surface area (Å²) < 4.78 is 13.2. The van der Waals surface area contributed by atoms with E-state index in [1.165, 1.54) is 18.4 Å². The van der Waals surface area contributed by atoms with Crippen molar-refractivity contribution >= 4 is 5.69 Å². The zero-order valence-electron chi connectivity index (χ0n) is 10.1. The van der Waals surface area contributed by atoms with Gasteiger partial charge in [-0.05, 0) is 56.0 Å². The molecule has 0 amide bonds. The van der Waals surface area contributed by atoms with Gasteiger partial charge in [0, 0.05) is 18.8 Å². The van der Waals surface area contributed by atoms with E-state index in [0.29, 0.717) is 0 Å². The zero-order valence-corrected chi connectivity index (χ0v) is 10.1. The largest absolute Gasteiger partial charge is 0.371 e. The van der Waals surface area contributed by atoms with Gasteiger partial charge in [0.25, 0.3) is 0 Å². The standard InChI is InChI=1S/C14H19FN2/c15-13-2-1-12-5-8-17(14(12)9-13)7-4-11-3-6-16-10-11/h1-2,9,11,16H,3-8,10H2. The molecule has 1 aromatic carbocycles. The molecule has 17 heavy (non-hydrogen) atoms. The van der Waals surface area contributed by atoms with Crippen molar-refractivity contribution in [2.75, 3.05) is 31.1 Å². The average Bonchev–Trinajstić information content (AvgIpc) is 2.94. The van der Waals surface area contributed by atoms with Crippen molar-refractivity contribution in [2.24, 2.45) is 5.92 Å². The number of halogens is 1. The van der Waals surface area contributed by atoms with Gasteiger partial charge in [0.15, 0.2) is 0 Å². The molecule has 2 nitrogen and oxygen atoms in total. The molecule has 0 radical (unpaired) electrons. The summed E-state index contributed by atoms with van der Waals surface area (Å²) >= 11 is 0. The first-order valence-corrected chi connectivity index (χ1v) is 6.57. The summed E-state index contributed by atoms with van der Waals surface area (Å²) in [6.45, 7) is 4.45. The Morgan fingerprint density at radius 3 is 3.18 bits per heavy atom. The smallest absolute Gasteiger partial charge is 0.125 e. The Morgan fingerprint density at radius 2 is 2.35 bits per heavy atom. The van der Waals surface area contributed by atoms with Crippen molar-refractivity contribution in [3.05, 3.63) is 29.6 Å². The lowest BCUT2D eigenvalue weighted by molar-refractivity contribution is 0.529. The van der Waals surface area contributed by atoms with Crippen LogP contribution in [0.2, 0.25) is 0 Å². The van der Waals surface area contributed by atoms with Crippen LogP contribution in [0, 0.1) is 11.7 Å². The van der Waals surface area contributed by atoms with E-state index in [0.717, 1.165) is 44.2 Å². The second-order valence-electron chi connectivity index (χ2n) is 5.16. The SMILES string of the molecule is Fc1ccc2c(c1)N(CCC1CCNC1)CC2. The molecule has 0 spiro atoms. The number of benzene rings is 1. The molecule has 0 bridgehead atoms. The summed E-state index contributed by atoms with van der Waals surface area (Å²) in [6.07, 6.45) is 3.59. The summed E-state index contributed by atoms with van der Waals surface area (Å²) in [5, 5.41) is 3.40. The number of hydrogen-bond acceptors (Lipinski definition) is 2. The topological polar surface area (TPSA) is 15.3 Å². The molecule has 1 aromatic rings. The summed E-state index contributed by atoms with van der Waals surface area (Å²) in [4.78, 5) is 2.34. The molecule has 1 saturated heterocycles. The molecule has 2 heterocycles. The number of rotatable bonds is 3. The van der Waals surface area contributed by atoms with Crippen molar-refractivity contribution in [3.8, 4) is 0 Å². The summed E-state index contributed by atoms with van der Waals surface area (Å²) in [7, 11) is 0. The molecule has 92 valence electrons. The molecule has 0 aliphatic carbocycles. The molecule has 0 saturated carbocycles. The summed E-state index contributed by atoms with van der Waals surface area (Å²) in [6, 6.07) is 5.19. The van der Waals surface area contributed by atoms with Crippen LogP contribution in [0.3, 0.4) is 0 Å². The van der Waals surface area contributed by atoms with Crippen LogP contribution in [0.4, 0.5) is 10.1 Å². The zero-order chi connectivity index (χ0) is 11.7. The fraction of sp³-hybridized carbons (Fsp3) is 0.571. The van der Waals surface area contributed by atoms with E-state index in [9.17, 15) is 4.39 Å². The van der Waals surface area contributed by atoms with Gasteiger partial charge in [-0.2, -0.15) is 0 Å². The normalized spacial score (nSPS) is 23.1. The van der Waals surface area contributed by atoms with Gasteiger partial charge in [-0.1, -0.05) is 6.07 Å². The van der Waals surface area contributed by atoms with E-state index in [1.54, 1.807) is 12.1 Å². The van der Waals surface area contributed by atoms with Gasteiger partial charge < -0.3 is 10.2 Å². The first-order valence-electron chi connectivity index (χ1n) is 6.57. The van der Waals surface area contributed by atoms with Crippen molar-refractivity contribution in [3.63, 3.8) is 0 Å². The third-order valence-corrected chi connectivity index (χ3v) is 4.01. The fourth-order valence-electron chi connectivity index (χ4n) is 2.95. The molecule has 1 unspecified atom stereocenters. The van der Waals surface area contributed by atoms with E-state index in [2.05, 4.69) is 10.2 Å². The quantitative estimate of drug-likeness (QED) is 0.862. The van der Waals surface area contributed by atoms with Crippen LogP contribution >= 0.6 is 0 Å². The van der Waals surface area contributed by atoms with Gasteiger partial charge in [-0.3, -0.25) is 0 Å². The van der Waals surface area contributed by atoms with Crippen molar-refractivity contribution in [1.82, 2.24) is 5.32 Å². The maximum atomic E-state index is 13.2. The lowest BCUT2D eigenvalue weighted by atomic mass is 10.0. The number of hydrogen-bond donors (Lipinski definition) is 1. The highest BCUT2D eigenvalue weighted by Gasteiger charge is 2.21. The molecule has 1 fully saturated rings. The second kappa shape index (κ2) is 4.65. The Bertz CT molecular complexity index is 399. The molecule has 1 atom stereocenters. The van der Waals surface area contributed by atoms with Gasteiger partial charge in [-0.15, -0.1) is 0 Å². The Morgan fingerprint density at radius 1 is 1.41 bits per heavy atom. The van der Waals surface area contributed by atoms with Crippen LogP contribution in [0.25, 0.3) is 0 Å². The van der Waals surface area contributed by atoms with E-state index < -0.39 is 0 Å². The minimum Gasteiger partial charge on any atom is -0.371 e. The number of anilines is 1. The van der Waals surface area contributed by atoms with Crippen LogP contribution in [0.15, 0.2) is 18.2 Å². The molecular formula is C14H19FN2. The number of fused-ring (bicyclic) bond motifs is 1. The van der Waals surface area contributed by atoms with Crippen LogP contribution in [-0.2, 0) is 6.42 Å². The van der Waals surface area contributed by atoms with E-state index in [1.807, 2.05) is 6.07 Å². The Hall–Kier alpha value is -1.09. The summed E-state index contributed by atoms with van der Waals surface area (Å²) in [5.41, 5.74) is 2.42. The van der Waals surface area contributed by atoms with Gasteiger partial charge in [0.05, 0.1) is 0 Å². The molecule has 3 heteroatoms. The highest BCUT2D eigenvalue weighted by atomic mass is 19.1. The van der Waals surface area contributed by atoms with Crippen LogP contribution < -0.4 is 10.2 Å². The monoisotopic (exact) mass is 234 g/mol. The van der Waals surface area contributed by atoms with Gasteiger partial charge in [0.1, 0.15) is 5.82 Å².